The maximum absolute atomic E-state index is 13.4. The number of hydrogen-bond donors (Lipinski definition) is 2. The van der Waals surface area contributed by atoms with Crippen LogP contribution in [-0.4, -0.2) is 35.4 Å². The summed E-state index contributed by atoms with van der Waals surface area (Å²) in [5.74, 6) is 0.181. The second-order valence-corrected chi connectivity index (χ2v) is 8.02. The third-order valence-corrected chi connectivity index (χ3v) is 5.71. The topological polar surface area (TPSA) is 68.2 Å². The molecule has 2 aromatic carbocycles. The van der Waals surface area contributed by atoms with E-state index in [1.807, 2.05) is 44.2 Å². The number of nitrogens with zero attached hydrogens (tertiary/aromatic N) is 2. The molecule has 7 heteroatoms. The van der Waals surface area contributed by atoms with Gasteiger partial charge in [0.15, 0.2) is 0 Å². The van der Waals surface area contributed by atoms with Gasteiger partial charge in [-0.05, 0) is 56.5 Å². The first kappa shape index (κ1) is 21.2. The van der Waals surface area contributed by atoms with E-state index in [0.29, 0.717) is 31.9 Å². The van der Waals surface area contributed by atoms with E-state index in [-0.39, 0.29) is 18.3 Å². The lowest BCUT2D eigenvalue weighted by atomic mass is 9.82. The minimum Gasteiger partial charge on any atom is -0.381 e. The molecule has 6 nitrogen and oxygen atoms in total. The highest BCUT2D eigenvalue weighted by molar-refractivity contribution is 5.91. The number of rotatable bonds is 6. The number of amides is 1. The van der Waals surface area contributed by atoms with Gasteiger partial charge < -0.3 is 10.1 Å². The molecule has 1 amide bonds. The first-order valence-corrected chi connectivity index (χ1v) is 10.5. The molecule has 4 rings (SSSR count). The first-order valence-electron chi connectivity index (χ1n) is 10.5. The van der Waals surface area contributed by atoms with Crippen LogP contribution in [0.15, 0.2) is 54.6 Å². The van der Waals surface area contributed by atoms with Crippen molar-refractivity contribution in [3.8, 4) is 5.69 Å². The number of benzene rings is 2. The fourth-order valence-corrected chi connectivity index (χ4v) is 3.96. The molecule has 0 saturated carbocycles. The third-order valence-electron chi connectivity index (χ3n) is 5.71. The zero-order valence-electron chi connectivity index (χ0n) is 17.8. The van der Waals surface area contributed by atoms with Gasteiger partial charge in [-0.3, -0.25) is 10.1 Å². The maximum Gasteiger partial charge on any atom is 0.239 e. The molecule has 0 atom stereocenters. The molecule has 2 N–H and O–H groups in total. The van der Waals surface area contributed by atoms with Crippen molar-refractivity contribution >= 4 is 11.7 Å². The molecule has 31 heavy (non-hydrogen) atoms. The van der Waals surface area contributed by atoms with Crippen molar-refractivity contribution in [1.82, 2.24) is 15.1 Å². The molecule has 0 bridgehead atoms. The molecule has 0 spiro atoms. The zero-order valence-corrected chi connectivity index (χ0v) is 17.8. The van der Waals surface area contributed by atoms with Crippen LogP contribution in [0.25, 0.3) is 5.69 Å². The average Bonchev–Trinajstić information content (AvgIpc) is 3.14. The average molecular weight is 423 g/mol. The standard InChI is InChI=1S/C24H27FN4O2/c1-17-3-9-21(10-4-17)29-22(15-18(2)28-29)27-23(30)16-26-24(11-13-31-14-12-24)19-5-7-20(25)8-6-19/h3-10,15,26H,11-14,16H2,1-2H3,(H,27,30). The molecule has 0 radical (unpaired) electrons. The van der Waals surface area contributed by atoms with Gasteiger partial charge in [-0.25, -0.2) is 9.07 Å². The van der Waals surface area contributed by atoms with Crippen molar-refractivity contribution in [2.45, 2.75) is 32.2 Å². The summed E-state index contributed by atoms with van der Waals surface area (Å²) in [5.41, 5.74) is 3.40. The Bertz CT molecular complexity index is 1040. The summed E-state index contributed by atoms with van der Waals surface area (Å²) < 4.78 is 20.7. The normalized spacial score (nSPS) is 15.6. The summed E-state index contributed by atoms with van der Waals surface area (Å²) >= 11 is 0. The van der Waals surface area contributed by atoms with Crippen LogP contribution in [0.3, 0.4) is 0 Å². The Morgan fingerprint density at radius 1 is 1.10 bits per heavy atom. The fraction of sp³-hybridized carbons (Fsp3) is 0.333. The Kier molecular flexibility index (Phi) is 6.15. The van der Waals surface area contributed by atoms with Crippen LogP contribution in [-0.2, 0) is 15.1 Å². The van der Waals surface area contributed by atoms with Crippen molar-refractivity contribution in [2.75, 3.05) is 25.1 Å². The number of nitrogens with one attached hydrogen (secondary N) is 2. The van der Waals surface area contributed by atoms with Gasteiger partial charge in [-0.15, -0.1) is 0 Å². The lowest BCUT2D eigenvalue weighted by molar-refractivity contribution is -0.116. The lowest BCUT2D eigenvalue weighted by Gasteiger charge is -2.38. The van der Waals surface area contributed by atoms with E-state index in [9.17, 15) is 9.18 Å². The fourth-order valence-electron chi connectivity index (χ4n) is 3.96. The van der Waals surface area contributed by atoms with Gasteiger partial charge in [0.1, 0.15) is 11.6 Å². The molecule has 1 aliphatic rings. The molecule has 162 valence electrons. The van der Waals surface area contributed by atoms with Crippen LogP contribution in [0.2, 0.25) is 0 Å². The maximum atomic E-state index is 13.4. The number of ether oxygens (including phenoxy) is 1. The van der Waals surface area contributed by atoms with Gasteiger partial charge in [-0.2, -0.15) is 5.10 Å². The number of carbonyl (C=O) groups excluding carboxylic acids is 1. The second kappa shape index (κ2) is 8.99. The number of aromatic nitrogens is 2. The highest BCUT2D eigenvalue weighted by Crippen LogP contribution is 2.32. The van der Waals surface area contributed by atoms with Gasteiger partial charge >= 0.3 is 0 Å². The Balaban J connectivity index is 1.48. The van der Waals surface area contributed by atoms with E-state index in [1.54, 1.807) is 16.8 Å². The number of aryl methyl sites for hydroxylation is 2. The zero-order chi connectivity index (χ0) is 21.8. The van der Waals surface area contributed by atoms with Crippen molar-refractivity contribution in [3.63, 3.8) is 0 Å². The highest BCUT2D eigenvalue weighted by Gasteiger charge is 2.34. The molecule has 0 unspecified atom stereocenters. The van der Waals surface area contributed by atoms with Gasteiger partial charge in [0.2, 0.25) is 5.91 Å². The molecule has 2 heterocycles. The summed E-state index contributed by atoms with van der Waals surface area (Å²) in [6, 6.07) is 16.3. The van der Waals surface area contributed by atoms with Crippen LogP contribution in [0, 0.1) is 19.7 Å². The molecule has 0 aliphatic carbocycles. The number of anilines is 1. The smallest absolute Gasteiger partial charge is 0.239 e. The number of hydrogen-bond acceptors (Lipinski definition) is 4. The predicted octanol–water partition coefficient (Wildman–Crippen LogP) is 3.86. The van der Waals surface area contributed by atoms with Crippen LogP contribution in [0.1, 0.15) is 29.7 Å². The minimum absolute atomic E-state index is 0.121. The van der Waals surface area contributed by atoms with E-state index in [0.717, 1.165) is 22.5 Å². The van der Waals surface area contributed by atoms with Crippen LogP contribution in [0.5, 0.6) is 0 Å². The first-order chi connectivity index (χ1) is 14.9. The Morgan fingerprint density at radius 3 is 2.45 bits per heavy atom. The van der Waals surface area contributed by atoms with E-state index < -0.39 is 5.54 Å². The van der Waals surface area contributed by atoms with Crippen molar-refractivity contribution in [3.05, 3.63) is 77.2 Å². The summed E-state index contributed by atoms with van der Waals surface area (Å²) in [4.78, 5) is 12.8. The van der Waals surface area contributed by atoms with Crippen molar-refractivity contribution < 1.29 is 13.9 Å². The monoisotopic (exact) mass is 422 g/mol. The van der Waals surface area contributed by atoms with E-state index in [2.05, 4.69) is 15.7 Å². The Morgan fingerprint density at radius 2 is 1.77 bits per heavy atom. The van der Waals surface area contributed by atoms with Gasteiger partial charge in [0.25, 0.3) is 0 Å². The number of halogens is 1. The lowest BCUT2D eigenvalue weighted by Crippen LogP contribution is -2.49. The van der Waals surface area contributed by atoms with Gasteiger partial charge in [0.05, 0.1) is 17.9 Å². The third kappa shape index (κ3) is 4.84. The summed E-state index contributed by atoms with van der Waals surface area (Å²) in [5, 5.41) is 10.9. The van der Waals surface area contributed by atoms with Crippen LogP contribution >= 0.6 is 0 Å². The quantitative estimate of drug-likeness (QED) is 0.633. The van der Waals surface area contributed by atoms with Crippen molar-refractivity contribution in [2.24, 2.45) is 0 Å². The van der Waals surface area contributed by atoms with Crippen molar-refractivity contribution in [1.29, 1.82) is 0 Å². The van der Waals surface area contributed by atoms with Gasteiger partial charge in [0, 0.05) is 24.8 Å². The summed E-state index contributed by atoms with van der Waals surface area (Å²) in [6.07, 6.45) is 1.43. The molecular formula is C24H27FN4O2. The second-order valence-electron chi connectivity index (χ2n) is 8.02. The molecule has 1 aliphatic heterocycles. The molecular weight excluding hydrogens is 395 g/mol. The van der Waals surface area contributed by atoms with Crippen LogP contribution < -0.4 is 10.6 Å². The minimum atomic E-state index is -0.420. The predicted molar refractivity (Wildman–Crippen MR) is 118 cm³/mol. The van der Waals surface area contributed by atoms with E-state index >= 15 is 0 Å². The van der Waals surface area contributed by atoms with Gasteiger partial charge in [-0.1, -0.05) is 29.8 Å². The summed E-state index contributed by atoms with van der Waals surface area (Å²) in [6.45, 7) is 5.22. The summed E-state index contributed by atoms with van der Waals surface area (Å²) in [7, 11) is 0. The Labute approximate surface area is 181 Å². The number of carbonyl (C=O) groups is 1. The largest absolute Gasteiger partial charge is 0.381 e. The molecule has 1 aromatic heterocycles. The Hall–Kier alpha value is -3.03. The molecule has 3 aromatic rings. The molecule has 1 fully saturated rings. The molecule has 1 saturated heterocycles. The van der Waals surface area contributed by atoms with E-state index in [4.69, 9.17) is 4.74 Å². The SMILES string of the molecule is Cc1ccc(-n2nc(C)cc2NC(=O)CNC2(c3ccc(F)cc3)CCOCC2)cc1. The highest BCUT2D eigenvalue weighted by atomic mass is 19.1. The van der Waals surface area contributed by atoms with E-state index in [1.165, 1.54) is 12.1 Å². The van der Waals surface area contributed by atoms with Crippen LogP contribution in [0.4, 0.5) is 10.2 Å².